The summed E-state index contributed by atoms with van der Waals surface area (Å²) in [6.45, 7) is 8.17. The van der Waals surface area contributed by atoms with Gasteiger partial charge in [0.2, 0.25) is 0 Å². The number of benzene rings is 1. The molecule has 0 unspecified atom stereocenters. The van der Waals surface area contributed by atoms with Crippen LogP contribution in [-0.2, 0) is 9.53 Å². The van der Waals surface area contributed by atoms with Gasteiger partial charge >= 0.3 is 0 Å². The normalized spacial score (nSPS) is 18.9. The van der Waals surface area contributed by atoms with Crippen molar-refractivity contribution in [1.82, 2.24) is 10.2 Å². The molecule has 7 nitrogen and oxygen atoms in total. The number of carbonyl (C=O) groups is 2. The summed E-state index contributed by atoms with van der Waals surface area (Å²) in [5, 5.41) is 5.75. The Morgan fingerprint density at radius 2 is 2.08 bits per heavy atom. The molecule has 2 aliphatic heterocycles. The van der Waals surface area contributed by atoms with Gasteiger partial charge < -0.3 is 20.1 Å². The Labute approximate surface area is 147 Å². The van der Waals surface area contributed by atoms with Crippen molar-refractivity contribution in [2.75, 3.05) is 44.8 Å². The lowest BCUT2D eigenvalue weighted by atomic mass is 10.0. The highest BCUT2D eigenvalue weighted by molar-refractivity contribution is 5.98. The van der Waals surface area contributed by atoms with Gasteiger partial charge in [0.25, 0.3) is 11.8 Å². The number of morpholine rings is 1. The first-order chi connectivity index (χ1) is 12.0. The summed E-state index contributed by atoms with van der Waals surface area (Å²) in [7, 11) is 0. The molecule has 0 radical (unpaired) electrons. The van der Waals surface area contributed by atoms with E-state index in [1.54, 1.807) is 18.2 Å². The smallest absolute Gasteiger partial charge is 0.262 e. The quantitative estimate of drug-likeness (QED) is 0.834. The van der Waals surface area contributed by atoms with E-state index in [9.17, 15) is 9.59 Å². The second-order valence-electron chi connectivity index (χ2n) is 6.72. The fourth-order valence-electron chi connectivity index (χ4n) is 3.21. The van der Waals surface area contributed by atoms with Crippen LogP contribution in [0.25, 0.3) is 0 Å². The molecule has 1 atom stereocenters. The first kappa shape index (κ1) is 17.7. The van der Waals surface area contributed by atoms with E-state index in [-0.39, 0.29) is 24.5 Å². The summed E-state index contributed by atoms with van der Waals surface area (Å²) in [4.78, 5) is 26.2. The molecule has 25 heavy (non-hydrogen) atoms. The molecule has 0 aromatic heterocycles. The minimum absolute atomic E-state index is 0.0233. The van der Waals surface area contributed by atoms with Gasteiger partial charge in [-0.3, -0.25) is 14.5 Å². The summed E-state index contributed by atoms with van der Waals surface area (Å²) < 4.78 is 10.8. The number of ether oxygens (including phenoxy) is 2. The summed E-state index contributed by atoms with van der Waals surface area (Å²) in [5.74, 6) is 0.638. The number of rotatable bonds is 5. The topological polar surface area (TPSA) is 79.9 Å². The lowest BCUT2D eigenvalue weighted by Crippen LogP contribution is -2.51. The van der Waals surface area contributed by atoms with E-state index in [1.807, 2.05) is 0 Å². The molecule has 0 bridgehead atoms. The average molecular weight is 347 g/mol. The molecule has 7 heteroatoms. The lowest BCUT2D eigenvalue weighted by molar-refractivity contribution is -0.118. The highest BCUT2D eigenvalue weighted by Crippen LogP contribution is 2.28. The van der Waals surface area contributed by atoms with Gasteiger partial charge in [-0.05, 0) is 24.1 Å². The van der Waals surface area contributed by atoms with Crippen LogP contribution >= 0.6 is 0 Å². The van der Waals surface area contributed by atoms with Crippen molar-refractivity contribution in [2.24, 2.45) is 5.92 Å². The van der Waals surface area contributed by atoms with Crippen LogP contribution in [0.4, 0.5) is 5.69 Å². The Hall–Kier alpha value is -2.12. The summed E-state index contributed by atoms with van der Waals surface area (Å²) in [6, 6.07) is 5.34. The monoisotopic (exact) mass is 347 g/mol. The average Bonchev–Trinajstić information content (AvgIpc) is 2.62. The van der Waals surface area contributed by atoms with Crippen LogP contribution in [-0.4, -0.2) is 62.2 Å². The molecule has 2 N–H and O–H groups in total. The van der Waals surface area contributed by atoms with E-state index in [0.717, 1.165) is 26.3 Å². The van der Waals surface area contributed by atoms with Crippen molar-refractivity contribution in [3.63, 3.8) is 0 Å². The van der Waals surface area contributed by atoms with Gasteiger partial charge in [0.1, 0.15) is 5.75 Å². The molecule has 1 fully saturated rings. The van der Waals surface area contributed by atoms with Crippen LogP contribution in [0.1, 0.15) is 24.2 Å². The first-order valence-corrected chi connectivity index (χ1v) is 8.71. The molecule has 1 aromatic rings. The molecule has 136 valence electrons. The van der Waals surface area contributed by atoms with Gasteiger partial charge in [0.15, 0.2) is 6.61 Å². The maximum atomic E-state index is 12.5. The minimum atomic E-state index is -0.185. The van der Waals surface area contributed by atoms with Crippen molar-refractivity contribution in [3.05, 3.63) is 23.8 Å². The zero-order valence-electron chi connectivity index (χ0n) is 14.7. The fourth-order valence-corrected chi connectivity index (χ4v) is 3.21. The van der Waals surface area contributed by atoms with Gasteiger partial charge in [-0.2, -0.15) is 0 Å². The van der Waals surface area contributed by atoms with Crippen LogP contribution in [0.2, 0.25) is 0 Å². The Kier molecular flexibility index (Phi) is 5.55. The largest absolute Gasteiger partial charge is 0.482 e. The third-order valence-corrected chi connectivity index (χ3v) is 4.63. The molecular weight excluding hydrogens is 322 g/mol. The van der Waals surface area contributed by atoms with Crippen molar-refractivity contribution in [3.8, 4) is 5.75 Å². The van der Waals surface area contributed by atoms with Gasteiger partial charge in [0, 0.05) is 31.2 Å². The second kappa shape index (κ2) is 7.84. The molecule has 2 amide bonds. The van der Waals surface area contributed by atoms with E-state index in [4.69, 9.17) is 9.47 Å². The van der Waals surface area contributed by atoms with Crippen LogP contribution in [0.3, 0.4) is 0 Å². The maximum absolute atomic E-state index is 12.5. The van der Waals surface area contributed by atoms with Crippen molar-refractivity contribution in [1.29, 1.82) is 0 Å². The van der Waals surface area contributed by atoms with Crippen LogP contribution in [0, 0.1) is 5.92 Å². The highest BCUT2D eigenvalue weighted by atomic mass is 16.5. The first-order valence-electron chi connectivity index (χ1n) is 8.71. The van der Waals surface area contributed by atoms with Crippen LogP contribution in [0.5, 0.6) is 5.75 Å². The Morgan fingerprint density at radius 3 is 2.80 bits per heavy atom. The minimum Gasteiger partial charge on any atom is -0.482 e. The number of hydrogen-bond acceptors (Lipinski definition) is 5. The molecule has 3 rings (SSSR count). The molecule has 2 heterocycles. The number of nitrogens with one attached hydrogen (secondary N) is 2. The van der Waals surface area contributed by atoms with Gasteiger partial charge in [-0.25, -0.2) is 0 Å². The molecule has 2 aliphatic rings. The number of fused-ring (bicyclic) bond motifs is 1. The second-order valence-corrected chi connectivity index (χ2v) is 6.72. The summed E-state index contributed by atoms with van der Waals surface area (Å²) >= 11 is 0. The van der Waals surface area contributed by atoms with Gasteiger partial charge in [0.05, 0.1) is 18.9 Å². The van der Waals surface area contributed by atoms with E-state index < -0.39 is 0 Å². The lowest BCUT2D eigenvalue weighted by Gasteiger charge is -2.36. The Bertz CT molecular complexity index is 641. The Morgan fingerprint density at radius 1 is 1.32 bits per heavy atom. The maximum Gasteiger partial charge on any atom is 0.262 e. The zero-order valence-corrected chi connectivity index (χ0v) is 14.7. The molecule has 0 aliphatic carbocycles. The molecule has 0 spiro atoms. The number of carbonyl (C=O) groups excluding carboxylic acids is 2. The number of nitrogens with zero attached hydrogens (tertiary/aromatic N) is 1. The van der Waals surface area contributed by atoms with Crippen molar-refractivity contribution in [2.45, 2.75) is 19.9 Å². The number of anilines is 1. The predicted octanol–water partition coefficient (Wildman–Crippen LogP) is 1.10. The van der Waals surface area contributed by atoms with Crippen LogP contribution in [0.15, 0.2) is 18.2 Å². The van der Waals surface area contributed by atoms with E-state index in [1.165, 1.54) is 0 Å². The third kappa shape index (κ3) is 4.29. The van der Waals surface area contributed by atoms with E-state index in [2.05, 4.69) is 29.4 Å². The van der Waals surface area contributed by atoms with Crippen molar-refractivity contribution >= 4 is 17.5 Å². The summed E-state index contributed by atoms with van der Waals surface area (Å²) in [5.41, 5.74) is 1.13. The molecular formula is C18H25N3O4. The standard InChI is InChI=1S/C18H25N3O4/c1-12(2)15(21-5-7-24-8-6-21)10-19-18(23)13-3-4-14-16(9-13)25-11-17(22)20-14/h3-4,9,12,15H,5-8,10-11H2,1-2H3,(H,19,23)(H,20,22)/t15-/m0/s1. The fraction of sp³-hybridized carbons (Fsp3) is 0.556. The molecule has 1 aromatic carbocycles. The highest BCUT2D eigenvalue weighted by Gasteiger charge is 2.25. The molecule has 0 saturated carbocycles. The van der Waals surface area contributed by atoms with E-state index >= 15 is 0 Å². The van der Waals surface area contributed by atoms with Crippen molar-refractivity contribution < 1.29 is 19.1 Å². The predicted molar refractivity (Wildman–Crippen MR) is 93.9 cm³/mol. The summed E-state index contributed by atoms with van der Waals surface area (Å²) in [6.07, 6.45) is 0. The van der Waals surface area contributed by atoms with E-state index in [0.29, 0.717) is 29.5 Å². The third-order valence-electron chi connectivity index (χ3n) is 4.63. The Balaban J connectivity index is 1.62. The van der Waals surface area contributed by atoms with Gasteiger partial charge in [-0.1, -0.05) is 13.8 Å². The zero-order chi connectivity index (χ0) is 17.8. The number of amides is 2. The van der Waals surface area contributed by atoms with Crippen LogP contribution < -0.4 is 15.4 Å². The van der Waals surface area contributed by atoms with Gasteiger partial charge in [-0.15, -0.1) is 0 Å². The molecule has 1 saturated heterocycles. The number of hydrogen-bond donors (Lipinski definition) is 2. The SMILES string of the molecule is CC(C)[C@H](CNC(=O)c1ccc2c(c1)OCC(=O)N2)N1CCOCC1.